The van der Waals surface area contributed by atoms with Crippen molar-refractivity contribution in [3.05, 3.63) is 60.4 Å². The Hall–Kier alpha value is -2.44. The zero-order valence-electron chi connectivity index (χ0n) is 13.7. The van der Waals surface area contributed by atoms with Crippen molar-refractivity contribution in [3.8, 4) is 0 Å². The van der Waals surface area contributed by atoms with Crippen LogP contribution in [0.5, 0.6) is 0 Å². The van der Waals surface area contributed by atoms with Gasteiger partial charge in [-0.1, -0.05) is 30.8 Å². The molecule has 0 radical (unpaired) electrons. The Kier molecular flexibility index (Phi) is 6.72. The third-order valence-corrected chi connectivity index (χ3v) is 3.89. The maximum absolute atomic E-state index is 12.0. The average Bonchev–Trinajstić information content (AvgIpc) is 2.59. The first-order valence-corrected chi connectivity index (χ1v) is 7.96. The van der Waals surface area contributed by atoms with Gasteiger partial charge >= 0.3 is 0 Å². The van der Waals surface area contributed by atoms with Crippen LogP contribution in [0.1, 0.15) is 11.1 Å². The first kappa shape index (κ1) is 17.9. The van der Waals surface area contributed by atoms with Gasteiger partial charge in [0.05, 0.1) is 6.10 Å². The van der Waals surface area contributed by atoms with E-state index in [-0.39, 0.29) is 18.2 Å². The molecule has 1 aromatic carbocycles. The van der Waals surface area contributed by atoms with Gasteiger partial charge in [-0.2, -0.15) is 0 Å². The maximum atomic E-state index is 12.0. The van der Waals surface area contributed by atoms with E-state index in [1.54, 1.807) is 0 Å². The van der Waals surface area contributed by atoms with Gasteiger partial charge in [-0.25, -0.2) is 0 Å². The van der Waals surface area contributed by atoms with Crippen molar-refractivity contribution in [1.29, 1.82) is 0 Å². The number of β-amino-alcohol motifs (C(OH)–C–C–N with tert-alkyl or cyclic N) is 1. The first-order valence-electron chi connectivity index (χ1n) is 7.96. The minimum Gasteiger partial charge on any atom is -0.405 e. The molecule has 1 aliphatic rings. The topological polar surface area (TPSA) is 90.9 Å². The molecule has 1 atom stereocenters. The molecule has 1 aromatic rings. The van der Waals surface area contributed by atoms with E-state index in [9.17, 15) is 9.90 Å². The van der Waals surface area contributed by atoms with Crippen LogP contribution in [0.25, 0.3) is 0 Å². The van der Waals surface area contributed by atoms with Crippen LogP contribution >= 0.6 is 0 Å². The molecule has 6 nitrogen and oxygen atoms in total. The summed E-state index contributed by atoms with van der Waals surface area (Å²) in [6.45, 7) is 5.85. The molecular weight excluding hydrogens is 304 g/mol. The van der Waals surface area contributed by atoms with Gasteiger partial charge in [0.1, 0.15) is 5.71 Å². The minimum absolute atomic E-state index is 0.158. The fourth-order valence-electron chi connectivity index (χ4n) is 2.74. The number of nitrogens with zero attached hydrogens (tertiary/aromatic N) is 2. The number of carbonyl (C=O) groups is 1. The summed E-state index contributed by atoms with van der Waals surface area (Å²) >= 11 is 0. The molecule has 0 aliphatic carbocycles. The van der Waals surface area contributed by atoms with Gasteiger partial charge in [-0.15, -0.1) is 0 Å². The highest BCUT2D eigenvalue weighted by molar-refractivity contribution is 6.43. The minimum atomic E-state index is -0.647. The normalized spacial score (nSPS) is 16.6. The van der Waals surface area contributed by atoms with Crippen LogP contribution in [0, 0.1) is 0 Å². The molecule has 2 rings (SSSR count). The number of rotatable bonds is 7. The first-order chi connectivity index (χ1) is 11.6. The Balaban J connectivity index is 1.81. The zero-order chi connectivity index (χ0) is 17.4. The lowest BCUT2D eigenvalue weighted by molar-refractivity contribution is -0.115. The number of nitrogens with two attached hydrogens (primary N) is 1. The summed E-state index contributed by atoms with van der Waals surface area (Å²) in [7, 11) is 0. The molecule has 1 aliphatic heterocycles. The fourth-order valence-corrected chi connectivity index (χ4v) is 2.74. The highest BCUT2D eigenvalue weighted by Gasteiger charge is 2.19. The molecule has 0 spiro atoms. The number of benzene rings is 1. The molecule has 1 amide bonds. The van der Waals surface area contributed by atoms with Crippen LogP contribution in [0.3, 0.4) is 0 Å². The lowest BCUT2D eigenvalue weighted by Crippen LogP contribution is -2.43. The van der Waals surface area contributed by atoms with Crippen molar-refractivity contribution >= 4 is 11.6 Å². The summed E-state index contributed by atoms with van der Waals surface area (Å²) in [6, 6.07) is 8.35. The molecule has 0 bridgehead atoms. The van der Waals surface area contributed by atoms with Gasteiger partial charge in [0.2, 0.25) is 0 Å². The Labute approximate surface area is 142 Å². The third-order valence-electron chi connectivity index (χ3n) is 3.89. The summed E-state index contributed by atoms with van der Waals surface area (Å²) in [6.07, 6.45) is 4.24. The molecule has 0 aromatic heterocycles. The Morgan fingerprint density at radius 3 is 2.92 bits per heavy atom. The number of fused-ring (bicyclic) bond motifs is 1. The van der Waals surface area contributed by atoms with Gasteiger partial charge in [0.15, 0.2) is 0 Å². The van der Waals surface area contributed by atoms with E-state index < -0.39 is 6.10 Å². The molecule has 128 valence electrons. The SMILES string of the molecule is C=CN=C(/C=C\N)C(=O)NC[C@@H](O)CN1CCc2ccccc2C1. The summed E-state index contributed by atoms with van der Waals surface area (Å²) < 4.78 is 0. The van der Waals surface area contributed by atoms with E-state index in [1.807, 2.05) is 6.07 Å². The van der Waals surface area contributed by atoms with Crippen LogP contribution in [0.2, 0.25) is 0 Å². The smallest absolute Gasteiger partial charge is 0.270 e. The van der Waals surface area contributed by atoms with Crippen LogP contribution in [-0.2, 0) is 17.8 Å². The van der Waals surface area contributed by atoms with E-state index >= 15 is 0 Å². The van der Waals surface area contributed by atoms with E-state index in [1.165, 1.54) is 29.6 Å². The molecule has 0 saturated heterocycles. The number of aliphatic hydroxyl groups excluding tert-OH is 1. The predicted octanol–water partition coefficient (Wildman–Crippen LogP) is 0.579. The summed E-state index contributed by atoms with van der Waals surface area (Å²) in [5.74, 6) is -0.389. The van der Waals surface area contributed by atoms with Gasteiger partial charge in [-0.3, -0.25) is 14.7 Å². The quantitative estimate of drug-likeness (QED) is 0.639. The van der Waals surface area contributed by atoms with E-state index in [0.717, 1.165) is 19.5 Å². The Morgan fingerprint density at radius 1 is 1.46 bits per heavy atom. The molecule has 0 fully saturated rings. The second-order valence-corrected chi connectivity index (χ2v) is 5.67. The standard InChI is InChI=1S/C18H24N4O2/c1-2-20-17(7-9-19)18(24)21-11-16(23)13-22-10-8-14-5-3-4-6-15(14)12-22/h2-7,9,16,23H,1,8,10-13,19H2,(H,21,24)/b9-7-,20-17?/t16-/m1/s1. The van der Waals surface area contributed by atoms with Crippen molar-refractivity contribution < 1.29 is 9.90 Å². The molecule has 24 heavy (non-hydrogen) atoms. The van der Waals surface area contributed by atoms with Crippen LogP contribution in [-0.4, -0.2) is 47.4 Å². The second-order valence-electron chi connectivity index (χ2n) is 5.67. The van der Waals surface area contributed by atoms with Crippen molar-refractivity contribution in [2.24, 2.45) is 10.7 Å². The number of aliphatic hydroxyl groups is 1. The summed E-state index contributed by atoms with van der Waals surface area (Å²) in [5.41, 5.74) is 8.11. The van der Waals surface area contributed by atoms with Gasteiger partial charge < -0.3 is 16.2 Å². The number of amides is 1. The zero-order valence-corrected chi connectivity index (χ0v) is 13.7. The third kappa shape index (κ3) is 5.04. The van der Waals surface area contributed by atoms with Crippen molar-refractivity contribution in [1.82, 2.24) is 10.2 Å². The predicted molar refractivity (Wildman–Crippen MR) is 95.4 cm³/mol. The lowest BCUT2D eigenvalue weighted by Gasteiger charge is -2.30. The number of nitrogens with one attached hydrogen (secondary N) is 1. The maximum Gasteiger partial charge on any atom is 0.270 e. The van der Waals surface area contributed by atoms with Crippen molar-refractivity contribution in [3.63, 3.8) is 0 Å². The summed E-state index contributed by atoms with van der Waals surface area (Å²) in [4.78, 5) is 18.0. The lowest BCUT2D eigenvalue weighted by atomic mass is 10.00. The van der Waals surface area contributed by atoms with E-state index in [2.05, 4.69) is 40.0 Å². The van der Waals surface area contributed by atoms with Crippen LogP contribution in [0.4, 0.5) is 0 Å². The summed E-state index contributed by atoms with van der Waals surface area (Å²) in [5, 5.41) is 12.8. The second kappa shape index (κ2) is 9.00. The highest BCUT2D eigenvalue weighted by Crippen LogP contribution is 2.18. The molecule has 0 unspecified atom stereocenters. The number of hydrogen-bond donors (Lipinski definition) is 3. The molecule has 0 saturated carbocycles. The highest BCUT2D eigenvalue weighted by atomic mass is 16.3. The van der Waals surface area contributed by atoms with Crippen LogP contribution < -0.4 is 11.1 Å². The molecular formula is C18H24N4O2. The molecule has 4 N–H and O–H groups in total. The van der Waals surface area contributed by atoms with Crippen molar-refractivity contribution in [2.45, 2.75) is 19.1 Å². The van der Waals surface area contributed by atoms with Gasteiger partial charge in [0.25, 0.3) is 5.91 Å². The monoisotopic (exact) mass is 328 g/mol. The molecule has 6 heteroatoms. The number of carbonyl (C=O) groups excluding carboxylic acids is 1. The Bertz CT molecular complexity index is 640. The van der Waals surface area contributed by atoms with E-state index in [4.69, 9.17) is 5.73 Å². The van der Waals surface area contributed by atoms with Crippen molar-refractivity contribution in [2.75, 3.05) is 19.6 Å². The average molecular weight is 328 g/mol. The van der Waals surface area contributed by atoms with Gasteiger partial charge in [0, 0.05) is 32.4 Å². The number of hydrogen-bond acceptors (Lipinski definition) is 5. The Morgan fingerprint density at radius 2 is 2.21 bits per heavy atom. The van der Waals surface area contributed by atoms with Gasteiger partial charge in [-0.05, 0) is 29.8 Å². The van der Waals surface area contributed by atoms with Crippen LogP contribution in [0.15, 0.2) is 54.3 Å². The van der Waals surface area contributed by atoms with E-state index in [0.29, 0.717) is 6.54 Å². The molecule has 1 heterocycles. The fraction of sp³-hybridized carbons (Fsp3) is 0.333. The number of aliphatic imine (C=N–C) groups is 1. The largest absolute Gasteiger partial charge is 0.405 e.